The Bertz CT molecular complexity index is 367. The summed E-state index contributed by atoms with van der Waals surface area (Å²) in [5, 5.41) is 0. The van der Waals surface area contributed by atoms with Crippen molar-refractivity contribution in [1.29, 1.82) is 0 Å². The van der Waals surface area contributed by atoms with Crippen LogP contribution in [0.2, 0.25) is 0 Å². The van der Waals surface area contributed by atoms with Gasteiger partial charge < -0.3 is 4.98 Å². The van der Waals surface area contributed by atoms with Gasteiger partial charge in [0.1, 0.15) is 0 Å². The summed E-state index contributed by atoms with van der Waals surface area (Å²) >= 11 is 0. The van der Waals surface area contributed by atoms with E-state index in [9.17, 15) is 0 Å². The molecule has 1 heteroatoms. The van der Waals surface area contributed by atoms with Crippen LogP contribution in [0.15, 0.2) is 31.5 Å². The molecule has 15 heavy (non-hydrogen) atoms. The summed E-state index contributed by atoms with van der Waals surface area (Å²) in [7, 11) is 0. The van der Waals surface area contributed by atoms with Crippen LogP contribution in [0, 0.1) is 5.92 Å². The minimum absolute atomic E-state index is 0.661. The molecule has 0 atom stereocenters. The van der Waals surface area contributed by atoms with Gasteiger partial charge >= 0.3 is 0 Å². The molecule has 1 N–H and O–H groups in total. The summed E-state index contributed by atoms with van der Waals surface area (Å²) in [6.07, 6.45) is 10.8. The number of hydrogen-bond acceptors (Lipinski definition) is 0. The first-order chi connectivity index (χ1) is 7.19. The van der Waals surface area contributed by atoms with Crippen LogP contribution in [-0.4, -0.2) is 4.98 Å². The Morgan fingerprint density at radius 1 is 1.40 bits per heavy atom. The van der Waals surface area contributed by atoms with Gasteiger partial charge in [-0.05, 0) is 24.0 Å². The van der Waals surface area contributed by atoms with E-state index in [0.29, 0.717) is 5.92 Å². The molecule has 0 aromatic carbocycles. The van der Waals surface area contributed by atoms with Crippen molar-refractivity contribution in [3.05, 3.63) is 48.3 Å². The number of aromatic nitrogens is 1. The molecule has 1 nitrogen and oxygen atoms in total. The van der Waals surface area contributed by atoms with Gasteiger partial charge in [0.2, 0.25) is 0 Å². The van der Waals surface area contributed by atoms with E-state index in [4.69, 9.17) is 0 Å². The number of allylic oxidation sites excluding steroid dienone is 2. The van der Waals surface area contributed by atoms with E-state index in [-0.39, 0.29) is 0 Å². The van der Waals surface area contributed by atoms with Crippen molar-refractivity contribution >= 4 is 12.2 Å². The number of rotatable bonds is 5. The Balaban J connectivity index is 3.04. The average Bonchev–Trinajstić information content (AvgIpc) is 2.56. The number of aromatic amines is 1. The van der Waals surface area contributed by atoms with Crippen LogP contribution in [0.1, 0.15) is 30.7 Å². The zero-order valence-corrected chi connectivity index (χ0v) is 9.59. The molecule has 1 aromatic rings. The molecule has 0 fully saturated rings. The molecule has 0 aliphatic rings. The van der Waals surface area contributed by atoms with Crippen molar-refractivity contribution in [2.24, 2.45) is 5.92 Å². The maximum atomic E-state index is 3.80. The zero-order chi connectivity index (χ0) is 11.3. The van der Waals surface area contributed by atoms with Gasteiger partial charge in [-0.1, -0.05) is 45.2 Å². The predicted molar refractivity (Wildman–Crippen MR) is 68.7 cm³/mol. The lowest BCUT2D eigenvalue weighted by molar-refractivity contribution is 0.647. The molecule has 0 saturated heterocycles. The average molecular weight is 201 g/mol. The smallest absolute Gasteiger partial charge is 0.0450 e. The van der Waals surface area contributed by atoms with E-state index in [1.165, 1.54) is 11.1 Å². The van der Waals surface area contributed by atoms with Crippen LogP contribution in [0.3, 0.4) is 0 Å². The third-order valence-electron chi connectivity index (χ3n) is 2.27. The molecule has 1 rings (SSSR count). The van der Waals surface area contributed by atoms with E-state index < -0.39 is 0 Å². The second kappa shape index (κ2) is 5.40. The fourth-order valence-corrected chi connectivity index (χ4v) is 1.63. The Morgan fingerprint density at radius 3 is 2.67 bits per heavy atom. The van der Waals surface area contributed by atoms with Gasteiger partial charge in [0.05, 0.1) is 0 Å². The van der Waals surface area contributed by atoms with E-state index in [1.54, 1.807) is 6.08 Å². The summed E-state index contributed by atoms with van der Waals surface area (Å²) in [5.74, 6) is 0.661. The van der Waals surface area contributed by atoms with Gasteiger partial charge in [0.15, 0.2) is 0 Å². The molecule has 0 aliphatic heterocycles. The third kappa shape index (κ3) is 2.98. The quantitative estimate of drug-likeness (QED) is 0.692. The summed E-state index contributed by atoms with van der Waals surface area (Å²) in [6, 6.07) is 0. The first-order valence-corrected chi connectivity index (χ1v) is 5.30. The highest BCUT2D eigenvalue weighted by atomic mass is 14.7. The van der Waals surface area contributed by atoms with Gasteiger partial charge in [0.25, 0.3) is 0 Å². The van der Waals surface area contributed by atoms with E-state index in [1.807, 2.05) is 12.2 Å². The maximum Gasteiger partial charge on any atom is 0.0450 e. The lowest BCUT2D eigenvalue weighted by atomic mass is 10.0. The summed E-state index contributed by atoms with van der Waals surface area (Å²) in [6.45, 7) is 11.9. The zero-order valence-electron chi connectivity index (χ0n) is 9.59. The normalized spacial score (nSPS) is 11.1. The Morgan fingerprint density at radius 2 is 2.13 bits per heavy atom. The topological polar surface area (TPSA) is 15.8 Å². The van der Waals surface area contributed by atoms with Crippen LogP contribution in [0.4, 0.5) is 0 Å². The lowest BCUT2D eigenvalue weighted by Crippen LogP contribution is -1.94. The molecule has 0 radical (unpaired) electrons. The third-order valence-corrected chi connectivity index (χ3v) is 2.27. The van der Waals surface area contributed by atoms with Crippen LogP contribution in [0.5, 0.6) is 0 Å². The number of nitrogens with one attached hydrogen (secondary N) is 1. The van der Waals surface area contributed by atoms with Crippen molar-refractivity contribution in [3.63, 3.8) is 0 Å². The Hall–Kier alpha value is -1.50. The molecule has 80 valence electrons. The second-order valence-corrected chi connectivity index (χ2v) is 4.04. The van der Waals surface area contributed by atoms with E-state index in [0.717, 1.165) is 12.1 Å². The molecule has 0 aliphatic carbocycles. The Labute approximate surface area is 92.2 Å². The number of H-pyrrole nitrogens is 1. The molecular weight excluding hydrogens is 182 g/mol. The molecule has 0 amide bonds. The Kier molecular flexibility index (Phi) is 4.17. The molecule has 0 unspecified atom stereocenters. The number of hydrogen-bond donors (Lipinski definition) is 1. The molecule has 1 aromatic heterocycles. The predicted octanol–water partition coefficient (Wildman–Crippen LogP) is 4.06. The van der Waals surface area contributed by atoms with Gasteiger partial charge in [-0.25, -0.2) is 0 Å². The second-order valence-electron chi connectivity index (χ2n) is 4.04. The van der Waals surface area contributed by atoms with Crippen molar-refractivity contribution in [2.75, 3.05) is 0 Å². The lowest BCUT2D eigenvalue weighted by Gasteiger charge is -2.04. The van der Waals surface area contributed by atoms with Crippen molar-refractivity contribution in [2.45, 2.75) is 20.3 Å². The summed E-state index contributed by atoms with van der Waals surface area (Å²) < 4.78 is 0. The van der Waals surface area contributed by atoms with Gasteiger partial charge in [-0.3, -0.25) is 0 Å². The van der Waals surface area contributed by atoms with Crippen LogP contribution >= 0.6 is 0 Å². The van der Waals surface area contributed by atoms with Gasteiger partial charge in [-0.15, -0.1) is 0 Å². The van der Waals surface area contributed by atoms with Crippen LogP contribution < -0.4 is 0 Å². The molecule has 0 saturated carbocycles. The first kappa shape index (κ1) is 11.6. The fourth-order valence-electron chi connectivity index (χ4n) is 1.63. The minimum Gasteiger partial charge on any atom is -0.361 e. The maximum absolute atomic E-state index is 3.80. The summed E-state index contributed by atoms with van der Waals surface area (Å²) in [4.78, 5) is 3.23. The highest BCUT2D eigenvalue weighted by Crippen LogP contribution is 2.20. The molecule has 1 heterocycles. The van der Waals surface area contributed by atoms with Crippen molar-refractivity contribution in [1.82, 2.24) is 4.98 Å². The molecule has 0 spiro atoms. The SMILES string of the molecule is C=C/C=C\c1c(CC(C)C)c[nH]c1C=C. The summed E-state index contributed by atoms with van der Waals surface area (Å²) in [5.41, 5.74) is 3.67. The highest BCUT2D eigenvalue weighted by Gasteiger charge is 2.07. The minimum atomic E-state index is 0.661. The van der Waals surface area contributed by atoms with Crippen LogP contribution in [-0.2, 0) is 6.42 Å². The standard InChI is InChI=1S/C14H19N/c1-5-7-8-13-12(9-11(3)4)10-15-14(13)6-2/h5-8,10-11,15H,1-2,9H2,3-4H3/b8-7-. The van der Waals surface area contributed by atoms with Gasteiger partial charge in [0, 0.05) is 17.5 Å². The first-order valence-electron chi connectivity index (χ1n) is 5.30. The molecular formula is C14H19N. The van der Waals surface area contributed by atoms with Crippen molar-refractivity contribution in [3.8, 4) is 0 Å². The molecule has 0 bridgehead atoms. The monoisotopic (exact) mass is 201 g/mol. The van der Waals surface area contributed by atoms with E-state index in [2.05, 4.69) is 44.3 Å². The van der Waals surface area contributed by atoms with Crippen molar-refractivity contribution < 1.29 is 0 Å². The highest BCUT2D eigenvalue weighted by molar-refractivity contribution is 5.66. The van der Waals surface area contributed by atoms with Gasteiger partial charge in [-0.2, -0.15) is 0 Å². The van der Waals surface area contributed by atoms with E-state index >= 15 is 0 Å². The largest absolute Gasteiger partial charge is 0.361 e. The fraction of sp³-hybridized carbons (Fsp3) is 0.286. The van der Waals surface area contributed by atoms with Crippen LogP contribution in [0.25, 0.3) is 12.2 Å².